The first-order valence-corrected chi connectivity index (χ1v) is 7.09. The molecule has 0 spiro atoms. The molecule has 0 aliphatic carbocycles. The molecule has 0 bridgehead atoms. The van der Waals surface area contributed by atoms with E-state index in [0.29, 0.717) is 11.3 Å². The number of rotatable bonds is 3. The van der Waals surface area contributed by atoms with Gasteiger partial charge in [0.25, 0.3) is 5.91 Å². The molecule has 1 aromatic heterocycles. The standard InChI is InChI=1S/C17H14N4O2/c1-17(14-7-2-3-8-19-14)15(22)21(16(23)20-17)11-13-6-4-5-12(9-13)10-18/h2-9H,11H2,1H3,(H,20,23). The third-order valence-electron chi connectivity index (χ3n) is 3.85. The zero-order valence-electron chi connectivity index (χ0n) is 12.5. The van der Waals surface area contributed by atoms with Crippen LogP contribution in [0.25, 0.3) is 0 Å². The summed E-state index contributed by atoms with van der Waals surface area (Å²) < 4.78 is 0. The van der Waals surface area contributed by atoms with Gasteiger partial charge in [-0.3, -0.25) is 14.7 Å². The van der Waals surface area contributed by atoms with Gasteiger partial charge in [-0.2, -0.15) is 5.26 Å². The van der Waals surface area contributed by atoms with Gasteiger partial charge in [-0.15, -0.1) is 0 Å². The predicted octanol–water partition coefficient (Wildman–Crippen LogP) is 1.92. The van der Waals surface area contributed by atoms with E-state index in [4.69, 9.17) is 5.26 Å². The van der Waals surface area contributed by atoms with Crippen LogP contribution in [-0.4, -0.2) is 21.8 Å². The highest BCUT2D eigenvalue weighted by molar-refractivity contribution is 6.06. The van der Waals surface area contributed by atoms with Crippen molar-refractivity contribution in [2.24, 2.45) is 0 Å². The van der Waals surface area contributed by atoms with Crippen LogP contribution >= 0.6 is 0 Å². The second kappa shape index (κ2) is 5.54. The summed E-state index contributed by atoms with van der Waals surface area (Å²) >= 11 is 0. The number of hydrogen-bond donors (Lipinski definition) is 1. The van der Waals surface area contributed by atoms with Gasteiger partial charge in [-0.05, 0) is 36.8 Å². The zero-order chi connectivity index (χ0) is 16.4. The van der Waals surface area contributed by atoms with E-state index in [1.54, 1.807) is 55.6 Å². The number of nitrogens with zero attached hydrogens (tertiary/aromatic N) is 3. The molecule has 0 saturated carbocycles. The quantitative estimate of drug-likeness (QED) is 0.878. The second-order valence-corrected chi connectivity index (χ2v) is 5.47. The van der Waals surface area contributed by atoms with Crippen LogP contribution in [0.5, 0.6) is 0 Å². The van der Waals surface area contributed by atoms with Crippen molar-refractivity contribution in [3.8, 4) is 6.07 Å². The molecule has 1 aliphatic heterocycles. The molecule has 1 N–H and O–H groups in total. The van der Waals surface area contributed by atoms with Gasteiger partial charge < -0.3 is 5.32 Å². The van der Waals surface area contributed by atoms with Gasteiger partial charge in [0.15, 0.2) is 5.54 Å². The Morgan fingerprint density at radius 2 is 2.09 bits per heavy atom. The Bertz CT molecular complexity index is 813. The third kappa shape index (κ3) is 2.53. The number of carbonyl (C=O) groups is 2. The molecule has 1 atom stereocenters. The van der Waals surface area contributed by atoms with Gasteiger partial charge >= 0.3 is 6.03 Å². The van der Waals surface area contributed by atoms with Gasteiger partial charge in [0, 0.05) is 6.20 Å². The van der Waals surface area contributed by atoms with Gasteiger partial charge in [0.1, 0.15) is 0 Å². The molecule has 2 aromatic rings. The summed E-state index contributed by atoms with van der Waals surface area (Å²) in [5, 5.41) is 11.6. The number of amides is 3. The van der Waals surface area contributed by atoms with Crippen LogP contribution in [0.1, 0.15) is 23.7 Å². The lowest BCUT2D eigenvalue weighted by atomic mass is 9.97. The highest BCUT2D eigenvalue weighted by Gasteiger charge is 2.49. The van der Waals surface area contributed by atoms with Crippen molar-refractivity contribution in [2.75, 3.05) is 0 Å². The summed E-state index contributed by atoms with van der Waals surface area (Å²) in [4.78, 5) is 30.3. The molecular formula is C17H14N4O2. The third-order valence-corrected chi connectivity index (χ3v) is 3.85. The molecule has 1 saturated heterocycles. The summed E-state index contributed by atoms with van der Waals surface area (Å²) in [6, 6.07) is 13.6. The van der Waals surface area contributed by atoms with E-state index in [0.717, 1.165) is 10.5 Å². The Morgan fingerprint density at radius 1 is 1.26 bits per heavy atom. The zero-order valence-corrected chi connectivity index (χ0v) is 12.5. The number of pyridine rings is 1. The topological polar surface area (TPSA) is 86.1 Å². The monoisotopic (exact) mass is 306 g/mol. The molecule has 6 heteroatoms. The minimum absolute atomic E-state index is 0.114. The summed E-state index contributed by atoms with van der Waals surface area (Å²) in [5.74, 6) is -0.358. The number of nitrogens with one attached hydrogen (secondary N) is 1. The number of aromatic nitrogens is 1. The van der Waals surface area contributed by atoms with E-state index in [-0.39, 0.29) is 12.5 Å². The van der Waals surface area contributed by atoms with Crippen molar-refractivity contribution >= 4 is 11.9 Å². The number of imide groups is 1. The van der Waals surface area contributed by atoms with E-state index in [9.17, 15) is 9.59 Å². The fraction of sp³-hybridized carbons (Fsp3) is 0.176. The summed E-state index contributed by atoms with van der Waals surface area (Å²) in [5.41, 5.74) is 0.525. The van der Waals surface area contributed by atoms with Crippen LogP contribution in [0.4, 0.5) is 4.79 Å². The molecule has 1 aromatic carbocycles. The maximum atomic E-state index is 12.7. The average Bonchev–Trinajstić information content (AvgIpc) is 2.80. The van der Waals surface area contributed by atoms with Gasteiger partial charge in [0.05, 0.1) is 23.9 Å². The fourth-order valence-electron chi connectivity index (χ4n) is 2.59. The Labute approximate surface area is 133 Å². The van der Waals surface area contributed by atoms with Crippen molar-refractivity contribution in [1.82, 2.24) is 15.2 Å². The second-order valence-electron chi connectivity index (χ2n) is 5.47. The largest absolute Gasteiger partial charge is 0.325 e. The smallest absolute Gasteiger partial charge is 0.318 e. The Morgan fingerprint density at radius 3 is 2.78 bits per heavy atom. The van der Waals surface area contributed by atoms with E-state index < -0.39 is 11.6 Å². The van der Waals surface area contributed by atoms with Crippen LogP contribution in [-0.2, 0) is 16.9 Å². The first-order chi connectivity index (χ1) is 11.0. The van der Waals surface area contributed by atoms with Gasteiger partial charge in [0.2, 0.25) is 0 Å². The molecule has 3 amide bonds. The summed E-state index contributed by atoms with van der Waals surface area (Å²) in [6.07, 6.45) is 1.58. The molecule has 0 radical (unpaired) electrons. The van der Waals surface area contributed by atoms with E-state index in [1.807, 2.05) is 6.07 Å². The van der Waals surface area contributed by atoms with E-state index >= 15 is 0 Å². The van der Waals surface area contributed by atoms with Crippen molar-refractivity contribution in [2.45, 2.75) is 19.0 Å². The highest BCUT2D eigenvalue weighted by atomic mass is 16.2. The maximum Gasteiger partial charge on any atom is 0.325 e. The van der Waals surface area contributed by atoms with Gasteiger partial charge in [-0.1, -0.05) is 18.2 Å². The maximum absolute atomic E-state index is 12.7. The molecule has 2 heterocycles. The molecule has 3 rings (SSSR count). The number of benzene rings is 1. The molecule has 6 nitrogen and oxygen atoms in total. The lowest BCUT2D eigenvalue weighted by molar-refractivity contribution is -0.131. The van der Waals surface area contributed by atoms with Crippen LogP contribution < -0.4 is 5.32 Å². The van der Waals surface area contributed by atoms with Crippen molar-refractivity contribution in [1.29, 1.82) is 5.26 Å². The number of carbonyl (C=O) groups excluding carboxylic acids is 2. The Balaban J connectivity index is 1.89. The lowest BCUT2D eigenvalue weighted by Crippen LogP contribution is -2.41. The minimum atomic E-state index is -1.18. The van der Waals surface area contributed by atoms with Crippen molar-refractivity contribution in [3.05, 3.63) is 65.5 Å². The van der Waals surface area contributed by atoms with E-state index in [1.165, 1.54) is 0 Å². The fourth-order valence-corrected chi connectivity index (χ4v) is 2.59. The Hall–Kier alpha value is -3.20. The van der Waals surface area contributed by atoms with E-state index in [2.05, 4.69) is 10.3 Å². The van der Waals surface area contributed by atoms with Crippen LogP contribution in [0.2, 0.25) is 0 Å². The van der Waals surface area contributed by atoms with Gasteiger partial charge in [-0.25, -0.2) is 4.79 Å². The van der Waals surface area contributed by atoms with Crippen LogP contribution in [0.15, 0.2) is 48.7 Å². The van der Waals surface area contributed by atoms with Crippen LogP contribution in [0.3, 0.4) is 0 Å². The molecule has 1 fully saturated rings. The number of nitriles is 1. The first kappa shape index (κ1) is 14.7. The average molecular weight is 306 g/mol. The Kier molecular flexibility index (Phi) is 3.54. The highest BCUT2D eigenvalue weighted by Crippen LogP contribution is 2.28. The molecule has 1 aliphatic rings. The molecule has 114 valence electrons. The lowest BCUT2D eigenvalue weighted by Gasteiger charge is -2.20. The number of urea groups is 1. The van der Waals surface area contributed by atoms with Crippen molar-refractivity contribution in [3.63, 3.8) is 0 Å². The minimum Gasteiger partial charge on any atom is -0.318 e. The molecular weight excluding hydrogens is 292 g/mol. The molecule has 23 heavy (non-hydrogen) atoms. The molecule has 1 unspecified atom stereocenters. The predicted molar refractivity (Wildman–Crippen MR) is 81.8 cm³/mol. The SMILES string of the molecule is CC1(c2ccccn2)NC(=O)N(Cc2cccc(C#N)c2)C1=O. The number of hydrogen-bond acceptors (Lipinski definition) is 4. The summed E-state index contributed by atoms with van der Waals surface area (Å²) in [7, 11) is 0. The first-order valence-electron chi connectivity index (χ1n) is 7.09. The summed E-state index contributed by atoms with van der Waals surface area (Å²) in [6.45, 7) is 1.75. The van der Waals surface area contributed by atoms with Crippen LogP contribution in [0, 0.1) is 11.3 Å². The normalized spacial score (nSPS) is 20.3. The van der Waals surface area contributed by atoms with Crippen molar-refractivity contribution < 1.29 is 9.59 Å².